The van der Waals surface area contributed by atoms with Crippen LogP contribution in [-0.4, -0.2) is 95.6 Å². The second-order valence-corrected chi connectivity index (χ2v) is 52.1. The van der Waals surface area contributed by atoms with Gasteiger partial charge in [0.05, 0.1) is 45.3 Å². The number of ether oxygens (including phenoxy) is 2. The molecule has 0 amide bonds. The van der Waals surface area contributed by atoms with Crippen molar-refractivity contribution in [3.63, 3.8) is 0 Å². The summed E-state index contributed by atoms with van der Waals surface area (Å²) in [4.78, 5) is 165. The van der Waals surface area contributed by atoms with Crippen molar-refractivity contribution in [2.75, 3.05) is 14.2 Å². The van der Waals surface area contributed by atoms with Crippen molar-refractivity contribution in [1.29, 1.82) is 0 Å². The smallest absolute Gasteiger partial charge is 0.309 e. The summed E-state index contributed by atoms with van der Waals surface area (Å²) in [5.41, 5.74) is 2.61. The molecule has 0 aliphatic rings. The van der Waals surface area contributed by atoms with Gasteiger partial charge in [-0.15, -0.1) is 0 Å². The van der Waals surface area contributed by atoms with Crippen LogP contribution in [0.15, 0.2) is 0 Å². The third-order valence-electron chi connectivity index (χ3n) is 21.5. The second-order valence-electron chi connectivity index (χ2n) is 52.1. The lowest BCUT2D eigenvalue weighted by molar-refractivity contribution is -0.148. The van der Waals surface area contributed by atoms with E-state index in [0.717, 1.165) is 135 Å². The maximum atomic E-state index is 12.2. The molecule has 0 aromatic carbocycles. The first-order chi connectivity index (χ1) is 57.7. The summed E-state index contributed by atoms with van der Waals surface area (Å²) < 4.78 is 9.62. The van der Waals surface area contributed by atoms with Gasteiger partial charge in [0, 0.05) is 116 Å². The molecule has 0 saturated heterocycles. The summed E-state index contributed by atoms with van der Waals surface area (Å²) in [7, 11) is 2.69. The van der Waals surface area contributed by atoms with Crippen LogP contribution in [-0.2, 0) is 76.6 Å². The number of hydrogen-bond acceptors (Lipinski definition) is 16. The fourth-order valence-corrected chi connectivity index (χ4v) is 14.1. The van der Waals surface area contributed by atoms with Crippen molar-refractivity contribution in [2.24, 2.45) is 76.8 Å². The van der Waals surface area contributed by atoms with Crippen molar-refractivity contribution in [3.8, 4) is 0 Å². The molecule has 752 valence electrons. The summed E-state index contributed by atoms with van der Waals surface area (Å²) in [6.45, 7) is 77.5. The SMILES string of the molecule is CC(C)(C)CCCC(=O)CC(=O)CCC(C)(C)C.CC(C)(C)CCCC(=O)CCCC(=O)CCC(C)(C)C.CC(C)(C)CCCCC(=O)CC(=O)CCCC(C)(C)C.CC(C)(C)CCCCC(=O)CCCC(=O)CCCC(C)(C)C.COC(=O)C(CC(=O)CC(=O)CCCC(C)(C)C)CC(C)(C)C.COC(=O)C(CC(=O)CCCC(=O)CCCC(C)(C)C)CC(C)(C)C. The molecule has 0 N–H and O–H groups in total. The van der Waals surface area contributed by atoms with E-state index in [1.807, 2.05) is 41.5 Å². The van der Waals surface area contributed by atoms with Gasteiger partial charge in [-0.05, 0) is 213 Å². The van der Waals surface area contributed by atoms with Gasteiger partial charge in [-0.2, -0.15) is 0 Å². The molecule has 2 atom stereocenters. The van der Waals surface area contributed by atoms with Crippen LogP contribution in [0.3, 0.4) is 0 Å². The molecule has 0 fully saturated rings. The van der Waals surface area contributed by atoms with E-state index in [1.54, 1.807) is 0 Å². The number of rotatable bonds is 56. The topological polar surface area (TPSA) is 257 Å². The molecule has 0 aromatic heterocycles. The van der Waals surface area contributed by atoms with E-state index < -0.39 is 5.92 Å². The van der Waals surface area contributed by atoms with Crippen molar-refractivity contribution in [3.05, 3.63) is 0 Å². The zero-order chi connectivity index (χ0) is 101. The Labute approximate surface area is 789 Å². The first kappa shape index (κ1) is 134. The summed E-state index contributed by atoms with van der Waals surface area (Å²) in [5.74, 6) is 0.285. The average molecular weight is 1810 g/mol. The third kappa shape index (κ3) is 111. The minimum atomic E-state index is -0.463. The van der Waals surface area contributed by atoms with E-state index >= 15 is 0 Å². The number of esters is 2. The van der Waals surface area contributed by atoms with Crippen LogP contribution in [0.25, 0.3) is 0 Å². The van der Waals surface area contributed by atoms with Gasteiger partial charge in [-0.3, -0.25) is 67.1 Å². The van der Waals surface area contributed by atoms with Crippen LogP contribution in [0.1, 0.15) is 545 Å². The maximum Gasteiger partial charge on any atom is 0.309 e. The minimum absolute atomic E-state index is 0.0291. The molecule has 0 radical (unpaired) electrons. The molecule has 0 saturated carbocycles. The van der Waals surface area contributed by atoms with Crippen molar-refractivity contribution >= 4 is 81.3 Å². The Morgan fingerprint density at radius 2 is 0.320 bits per heavy atom. The van der Waals surface area contributed by atoms with Crippen LogP contribution in [0, 0.1) is 76.8 Å². The highest BCUT2D eigenvalue weighted by Crippen LogP contribution is 2.33. The molecular formula is C112H208O16. The van der Waals surface area contributed by atoms with Crippen LogP contribution in [0.2, 0.25) is 0 Å². The molecule has 2 unspecified atom stereocenters. The van der Waals surface area contributed by atoms with Gasteiger partial charge >= 0.3 is 11.9 Å². The maximum absolute atomic E-state index is 12.2. The van der Waals surface area contributed by atoms with Gasteiger partial charge in [0.2, 0.25) is 0 Å². The Kier molecular flexibility index (Phi) is 70.2. The number of methoxy groups -OCH3 is 2. The van der Waals surface area contributed by atoms with E-state index in [2.05, 4.69) is 208 Å². The molecule has 0 bridgehead atoms. The number of carbonyl (C=O) groups excluding carboxylic acids is 14. The Morgan fingerprint density at radius 3 is 0.539 bits per heavy atom. The standard InChI is InChI=1S/C21H38O4.C20H38O2.C19H34O4.2C18H34O2.C16H30O2/c1-20(2,3)13-9-12-17(22)10-8-11-18(23)14-16(19(24)25-7)15-21(4,5)6;1-19(2,3)15-8-7-11-17(21)12-9-13-18(22)14-10-16-20(4,5)6;1-18(2,3)10-8-9-15(20)12-16(21)11-14(17(22)23-7)13-19(4,5)6;1-17(2,3)13-8-11-15(19)9-7-10-16(20)12-14-18(4,5)6;1-17(2,3)12-8-7-10-15(19)14-16(20)11-9-13-18(4,5)6;1-15(2,3)10-7-8-13(17)12-14(18)9-11-16(4,5)6/h16H,8-15H2,1-7H3;7-16H2,1-6H3;14H,8-13H2,1-7H3;2*7-14H2,1-6H3;7-12H2,1-6H3. The Balaban J connectivity index is -0.000000350. The van der Waals surface area contributed by atoms with Gasteiger partial charge < -0.3 is 9.47 Å². The lowest BCUT2D eigenvalue weighted by Gasteiger charge is -2.23. The Bertz CT molecular complexity index is 3140. The predicted octanol–water partition coefficient (Wildman–Crippen LogP) is 30.8. The first-order valence-corrected chi connectivity index (χ1v) is 50.0. The monoisotopic (exact) mass is 1810 g/mol. The first-order valence-electron chi connectivity index (χ1n) is 50.0. The zero-order valence-electron chi connectivity index (χ0n) is 91.2. The van der Waals surface area contributed by atoms with Crippen LogP contribution in [0.4, 0.5) is 0 Å². The normalized spacial score (nSPS) is 12.9. The quantitative estimate of drug-likeness (QED) is 0.0311. The molecule has 128 heavy (non-hydrogen) atoms. The van der Waals surface area contributed by atoms with Crippen LogP contribution in [0.5, 0.6) is 0 Å². The lowest BCUT2D eigenvalue weighted by Crippen LogP contribution is -2.25. The van der Waals surface area contributed by atoms with Crippen molar-refractivity contribution in [1.82, 2.24) is 0 Å². The second kappa shape index (κ2) is 67.2. The van der Waals surface area contributed by atoms with E-state index in [9.17, 15) is 67.1 Å². The van der Waals surface area contributed by atoms with Gasteiger partial charge in [0.15, 0.2) is 0 Å². The van der Waals surface area contributed by atoms with Gasteiger partial charge in [-0.25, -0.2) is 0 Å². The Hall–Kier alpha value is -5.02. The minimum Gasteiger partial charge on any atom is -0.469 e. The van der Waals surface area contributed by atoms with Gasteiger partial charge in [-0.1, -0.05) is 262 Å². The fraction of sp³-hybridized carbons (Fsp3) is 0.875. The third-order valence-corrected chi connectivity index (χ3v) is 21.5. The summed E-state index contributed by atoms with van der Waals surface area (Å²) >= 11 is 0. The average Bonchev–Trinajstić information content (AvgIpc) is 0.885. The van der Waals surface area contributed by atoms with Crippen LogP contribution < -0.4 is 0 Å². The van der Waals surface area contributed by atoms with E-state index in [4.69, 9.17) is 9.47 Å². The molecule has 0 rings (SSSR count). The molecule has 0 aliphatic carbocycles. The highest BCUT2D eigenvalue weighted by Gasteiger charge is 2.31. The van der Waals surface area contributed by atoms with Gasteiger partial charge in [0.25, 0.3) is 0 Å². The van der Waals surface area contributed by atoms with E-state index in [-0.39, 0.29) is 140 Å². The Morgan fingerprint density at radius 1 is 0.164 bits per heavy atom. The highest BCUT2D eigenvalue weighted by molar-refractivity contribution is 6.01. The zero-order valence-corrected chi connectivity index (χ0v) is 91.2. The van der Waals surface area contributed by atoms with Gasteiger partial charge in [0.1, 0.15) is 69.4 Å². The molecule has 0 spiro atoms. The summed E-state index contributed by atoms with van der Waals surface area (Å²) in [6.07, 6.45) is 32.8. The van der Waals surface area contributed by atoms with Crippen molar-refractivity contribution in [2.45, 2.75) is 545 Å². The molecule has 16 heteroatoms. The molecule has 16 nitrogen and oxygen atoms in total. The fourth-order valence-electron chi connectivity index (χ4n) is 14.1. The summed E-state index contributed by atoms with van der Waals surface area (Å²) in [5, 5.41) is 0. The van der Waals surface area contributed by atoms with E-state index in [1.165, 1.54) is 20.6 Å². The predicted molar refractivity (Wildman–Crippen MR) is 537 cm³/mol. The number of Topliss-reactive ketones (excluding diaryl/α,β-unsaturated/α-hetero) is 12. The number of unbranched alkanes of at least 4 members (excludes halogenated alkanes) is 2. The lowest BCUT2D eigenvalue weighted by atomic mass is 9.82. The largest absolute Gasteiger partial charge is 0.469 e. The molecule has 0 aromatic rings. The van der Waals surface area contributed by atoms with Crippen LogP contribution >= 0.6 is 0 Å². The molecule has 0 heterocycles. The summed E-state index contributed by atoms with van der Waals surface area (Å²) in [6, 6.07) is 0. The number of hydrogen-bond donors (Lipinski definition) is 0. The van der Waals surface area contributed by atoms with Crippen molar-refractivity contribution < 1.29 is 76.6 Å². The number of carbonyl (C=O) groups is 14. The van der Waals surface area contributed by atoms with E-state index in [0.29, 0.717) is 167 Å². The molecular weight excluding hydrogens is 1600 g/mol. The highest BCUT2D eigenvalue weighted by atomic mass is 16.5. The molecule has 0 aliphatic heterocycles. The number of ketones is 12.